The highest BCUT2D eigenvalue weighted by molar-refractivity contribution is 5.94. The molecule has 28 heavy (non-hydrogen) atoms. The average molecular weight is 378 g/mol. The summed E-state index contributed by atoms with van der Waals surface area (Å²) < 4.78 is 5.16. The zero-order chi connectivity index (χ0) is 19.9. The third kappa shape index (κ3) is 5.05. The van der Waals surface area contributed by atoms with Crippen LogP contribution in [0.1, 0.15) is 17.3 Å². The molecule has 0 bridgehead atoms. The Morgan fingerprint density at radius 1 is 1.04 bits per heavy atom. The maximum absolute atomic E-state index is 12.0. The lowest BCUT2D eigenvalue weighted by molar-refractivity contribution is 0.0924. The largest absolute Gasteiger partial charge is 0.497 e. The highest BCUT2D eigenvalue weighted by Crippen LogP contribution is 2.22. The van der Waals surface area contributed by atoms with Crippen molar-refractivity contribution in [2.75, 3.05) is 19.0 Å². The van der Waals surface area contributed by atoms with Gasteiger partial charge in [0.05, 0.1) is 13.2 Å². The summed E-state index contributed by atoms with van der Waals surface area (Å²) in [5, 5.41) is 15.0. The van der Waals surface area contributed by atoms with Gasteiger partial charge in [-0.3, -0.25) is 4.79 Å². The summed E-state index contributed by atoms with van der Waals surface area (Å²) in [5.41, 5.74) is 3.18. The van der Waals surface area contributed by atoms with Crippen LogP contribution >= 0.6 is 0 Å². The maximum Gasteiger partial charge on any atom is 0.251 e. The van der Waals surface area contributed by atoms with Gasteiger partial charge in [0, 0.05) is 35.8 Å². The summed E-state index contributed by atoms with van der Waals surface area (Å²) in [6, 6.07) is 14.6. The second-order valence-electron chi connectivity index (χ2n) is 6.29. The molecule has 0 aliphatic carbocycles. The second kappa shape index (κ2) is 8.96. The minimum Gasteiger partial charge on any atom is -0.497 e. The number of hydrogen-bond acceptors (Lipinski definition) is 6. The van der Waals surface area contributed by atoms with Crippen molar-refractivity contribution in [1.29, 1.82) is 0 Å². The van der Waals surface area contributed by atoms with E-state index in [0.717, 1.165) is 22.6 Å². The molecule has 7 nitrogen and oxygen atoms in total. The molecule has 1 amide bonds. The fraction of sp³-hybridized carbons (Fsp3) is 0.190. The molecule has 0 radical (unpaired) electrons. The fourth-order valence-electron chi connectivity index (χ4n) is 2.50. The van der Waals surface area contributed by atoms with Crippen molar-refractivity contribution in [3.8, 4) is 16.9 Å². The van der Waals surface area contributed by atoms with E-state index in [0.29, 0.717) is 11.5 Å². The smallest absolute Gasteiger partial charge is 0.251 e. The van der Waals surface area contributed by atoms with Crippen molar-refractivity contribution in [1.82, 2.24) is 15.3 Å². The molecule has 0 spiro atoms. The van der Waals surface area contributed by atoms with Gasteiger partial charge in [0.1, 0.15) is 5.75 Å². The van der Waals surface area contributed by atoms with E-state index in [1.807, 2.05) is 24.3 Å². The second-order valence-corrected chi connectivity index (χ2v) is 6.29. The molecule has 144 valence electrons. The number of aliphatic hydroxyl groups is 1. The van der Waals surface area contributed by atoms with Crippen LogP contribution in [0.4, 0.5) is 11.6 Å². The molecular weight excluding hydrogens is 356 g/mol. The van der Waals surface area contributed by atoms with Gasteiger partial charge in [0.25, 0.3) is 5.91 Å². The predicted molar refractivity (Wildman–Crippen MR) is 108 cm³/mol. The summed E-state index contributed by atoms with van der Waals surface area (Å²) in [7, 11) is 1.63. The number of hydrogen-bond donors (Lipinski definition) is 3. The Kier molecular flexibility index (Phi) is 6.18. The van der Waals surface area contributed by atoms with Crippen molar-refractivity contribution < 1.29 is 14.6 Å². The van der Waals surface area contributed by atoms with Gasteiger partial charge >= 0.3 is 0 Å². The summed E-state index contributed by atoms with van der Waals surface area (Å²) in [6.07, 6.45) is 2.91. The van der Waals surface area contributed by atoms with Gasteiger partial charge in [0.2, 0.25) is 5.95 Å². The number of anilines is 2. The predicted octanol–water partition coefficient (Wildman–Crippen LogP) is 3.01. The van der Waals surface area contributed by atoms with Gasteiger partial charge < -0.3 is 20.5 Å². The first-order valence-corrected chi connectivity index (χ1v) is 8.85. The number of carbonyl (C=O) groups is 1. The van der Waals surface area contributed by atoms with Crippen LogP contribution in [0.5, 0.6) is 5.75 Å². The molecule has 0 fully saturated rings. The molecule has 1 heterocycles. The molecule has 7 heteroatoms. The number of ether oxygens (including phenoxy) is 1. The number of carbonyl (C=O) groups excluding carboxylic acids is 1. The van der Waals surface area contributed by atoms with E-state index in [-0.39, 0.29) is 12.5 Å². The third-order valence-corrected chi connectivity index (χ3v) is 4.04. The molecule has 0 saturated carbocycles. The van der Waals surface area contributed by atoms with Crippen LogP contribution in [-0.4, -0.2) is 40.7 Å². The lowest BCUT2D eigenvalue weighted by atomic mass is 10.1. The Hall–Kier alpha value is -3.45. The Morgan fingerprint density at radius 2 is 1.68 bits per heavy atom. The van der Waals surface area contributed by atoms with Gasteiger partial charge in [-0.25, -0.2) is 9.97 Å². The van der Waals surface area contributed by atoms with Gasteiger partial charge in [-0.1, -0.05) is 12.1 Å². The molecule has 3 aromatic rings. The first-order valence-electron chi connectivity index (χ1n) is 8.85. The molecule has 1 aromatic heterocycles. The zero-order valence-electron chi connectivity index (χ0n) is 15.7. The van der Waals surface area contributed by atoms with Gasteiger partial charge in [-0.2, -0.15) is 0 Å². The third-order valence-electron chi connectivity index (χ3n) is 4.04. The number of aliphatic hydroxyl groups excluding tert-OH is 1. The molecule has 0 aliphatic rings. The quantitative estimate of drug-likeness (QED) is 0.585. The number of amides is 1. The zero-order valence-corrected chi connectivity index (χ0v) is 15.7. The lowest BCUT2D eigenvalue weighted by Gasteiger charge is -2.09. The van der Waals surface area contributed by atoms with Gasteiger partial charge in [-0.15, -0.1) is 0 Å². The topological polar surface area (TPSA) is 96.4 Å². The first kappa shape index (κ1) is 19.3. The highest BCUT2D eigenvalue weighted by Gasteiger charge is 2.07. The average Bonchev–Trinajstić information content (AvgIpc) is 2.73. The first-order chi connectivity index (χ1) is 13.5. The van der Waals surface area contributed by atoms with Crippen LogP contribution in [0.15, 0.2) is 60.9 Å². The minimum absolute atomic E-state index is 0.215. The van der Waals surface area contributed by atoms with Crippen molar-refractivity contribution in [3.63, 3.8) is 0 Å². The number of nitrogens with one attached hydrogen (secondary N) is 2. The molecule has 1 atom stereocenters. The van der Waals surface area contributed by atoms with E-state index >= 15 is 0 Å². The number of nitrogens with zero attached hydrogens (tertiary/aromatic N) is 2. The molecular formula is C21H22N4O3. The van der Waals surface area contributed by atoms with Crippen molar-refractivity contribution >= 4 is 17.5 Å². The van der Waals surface area contributed by atoms with E-state index in [2.05, 4.69) is 20.6 Å². The van der Waals surface area contributed by atoms with Gasteiger partial charge in [0.15, 0.2) is 0 Å². The van der Waals surface area contributed by atoms with Crippen LogP contribution < -0.4 is 15.4 Å². The van der Waals surface area contributed by atoms with Crippen LogP contribution in [0.2, 0.25) is 0 Å². The molecule has 3 N–H and O–H groups in total. The Labute approximate surface area is 163 Å². The van der Waals surface area contributed by atoms with Gasteiger partial charge in [-0.05, 0) is 48.9 Å². The summed E-state index contributed by atoms with van der Waals surface area (Å²) >= 11 is 0. The lowest BCUT2D eigenvalue weighted by Crippen LogP contribution is -2.30. The highest BCUT2D eigenvalue weighted by atomic mass is 16.5. The van der Waals surface area contributed by atoms with Crippen molar-refractivity contribution in [2.24, 2.45) is 0 Å². The van der Waals surface area contributed by atoms with E-state index < -0.39 is 6.10 Å². The van der Waals surface area contributed by atoms with Crippen LogP contribution in [0.3, 0.4) is 0 Å². The number of benzene rings is 2. The minimum atomic E-state index is -0.581. The Bertz CT molecular complexity index is 908. The SMILES string of the molecule is COc1ccc(-c2cnc(Nc3ccc(C(=O)NCC(C)O)cc3)nc2)cc1. The molecule has 1 unspecified atom stereocenters. The number of rotatable bonds is 7. The van der Waals surface area contributed by atoms with E-state index in [1.54, 1.807) is 50.7 Å². The molecule has 3 rings (SSSR count). The van der Waals surface area contributed by atoms with Crippen molar-refractivity contribution in [3.05, 3.63) is 66.5 Å². The summed E-state index contributed by atoms with van der Waals surface area (Å²) in [5.74, 6) is 1.03. The molecule has 0 aliphatic heterocycles. The molecule has 0 saturated heterocycles. The summed E-state index contributed by atoms with van der Waals surface area (Å²) in [4.78, 5) is 20.6. The fourth-order valence-corrected chi connectivity index (χ4v) is 2.50. The van der Waals surface area contributed by atoms with E-state index in [1.165, 1.54) is 0 Å². The number of aromatic nitrogens is 2. The monoisotopic (exact) mass is 378 g/mol. The van der Waals surface area contributed by atoms with E-state index in [9.17, 15) is 9.90 Å². The summed E-state index contributed by atoms with van der Waals surface area (Å²) in [6.45, 7) is 1.83. The normalized spacial score (nSPS) is 11.5. The standard InChI is InChI=1S/C21H22N4O3/c1-14(26)11-22-20(27)16-3-7-18(8-4-16)25-21-23-12-17(13-24-21)15-5-9-19(28-2)10-6-15/h3-10,12-14,26H,11H2,1-2H3,(H,22,27)(H,23,24,25). The Balaban J connectivity index is 1.62. The maximum atomic E-state index is 12.0. The van der Waals surface area contributed by atoms with Crippen LogP contribution in [0, 0.1) is 0 Å². The number of methoxy groups -OCH3 is 1. The van der Waals surface area contributed by atoms with Crippen LogP contribution in [-0.2, 0) is 0 Å². The Morgan fingerprint density at radius 3 is 2.25 bits per heavy atom. The molecule has 2 aromatic carbocycles. The van der Waals surface area contributed by atoms with E-state index in [4.69, 9.17) is 4.74 Å². The van der Waals surface area contributed by atoms with Crippen LogP contribution in [0.25, 0.3) is 11.1 Å². The van der Waals surface area contributed by atoms with Crippen molar-refractivity contribution in [2.45, 2.75) is 13.0 Å².